The Kier molecular flexibility index (Phi) is 5.10. The lowest BCUT2D eigenvalue weighted by molar-refractivity contribution is 0.0410. The van der Waals surface area contributed by atoms with Crippen molar-refractivity contribution < 1.29 is 9.53 Å². The third-order valence-electron chi connectivity index (χ3n) is 3.15. The zero-order chi connectivity index (χ0) is 14.5. The van der Waals surface area contributed by atoms with Crippen molar-refractivity contribution >= 4 is 21.7 Å². The quantitative estimate of drug-likeness (QED) is 0.751. The topological polar surface area (TPSA) is 26.3 Å². The molecule has 0 saturated heterocycles. The minimum atomic E-state index is -0.454. The Balaban J connectivity index is 1.98. The van der Waals surface area contributed by atoms with Gasteiger partial charge in [0.1, 0.15) is 6.10 Å². The summed E-state index contributed by atoms with van der Waals surface area (Å²) in [4.78, 5) is 12.2. The van der Waals surface area contributed by atoms with E-state index in [-0.39, 0.29) is 5.78 Å². The number of carbonyl (C=O) groups excluding carboxylic acids is 1. The summed E-state index contributed by atoms with van der Waals surface area (Å²) in [5.41, 5.74) is 2.87. The van der Waals surface area contributed by atoms with Crippen LogP contribution in [0.3, 0.4) is 0 Å². The Hall–Kier alpha value is -1.45. The summed E-state index contributed by atoms with van der Waals surface area (Å²) >= 11 is 3.47. The fourth-order valence-corrected chi connectivity index (χ4v) is 2.26. The molecule has 0 aliphatic carbocycles. The minimum Gasteiger partial charge on any atom is -0.366 e. The lowest BCUT2D eigenvalue weighted by atomic mass is 10.1. The molecule has 0 saturated carbocycles. The third kappa shape index (κ3) is 3.78. The second kappa shape index (κ2) is 6.82. The molecule has 0 radical (unpaired) electrons. The van der Waals surface area contributed by atoms with Crippen molar-refractivity contribution in [2.45, 2.75) is 26.6 Å². The number of hydrogen-bond donors (Lipinski definition) is 0. The molecule has 3 heteroatoms. The number of carbonyl (C=O) groups is 1. The summed E-state index contributed by atoms with van der Waals surface area (Å²) in [6.45, 7) is 4.21. The number of ketones is 1. The normalized spacial score (nSPS) is 12.2. The standard InChI is InChI=1S/C17H17BrO2/c1-12-7-9-14(10-8-12)17(19)13(2)20-11-15-5-3-4-6-16(15)18/h3-10,13H,11H2,1-2H3. The van der Waals surface area contributed by atoms with E-state index in [1.807, 2.05) is 55.5 Å². The van der Waals surface area contributed by atoms with Gasteiger partial charge < -0.3 is 4.74 Å². The molecular formula is C17H17BrO2. The molecule has 0 fully saturated rings. The van der Waals surface area contributed by atoms with Crippen LogP contribution in [0.15, 0.2) is 53.0 Å². The molecule has 2 aromatic carbocycles. The van der Waals surface area contributed by atoms with Crippen LogP contribution in [0, 0.1) is 6.92 Å². The lowest BCUT2D eigenvalue weighted by Crippen LogP contribution is -2.20. The lowest BCUT2D eigenvalue weighted by Gasteiger charge is -2.13. The van der Waals surface area contributed by atoms with Crippen LogP contribution >= 0.6 is 15.9 Å². The monoisotopic (exact) mass is 332 g/mol. The molecule has 0 aromatic heterocycles. The summed E-state index contributed by atoms with van der Waals surface area (Å²) in [6, 6.07) is 15.4. The Labute approximate surface area is 127 Å². The van der Waals surface area contributed by atoms with Gasteiger partial charge in [-0.3, -0.25) is 4.79 Å². The molecule has 0 heterocycles. The second-order valence-electron chi connectivity index (χ2n) is 4.77. The summed E-state index contributed by atoms with van der Waals surface area (Å²) in [7, 11) is 0. The molecule has 0 aliphatic rings. The third-order valence-corrected chi connectivity index (χ3v) is 3.93. The summed E-state index contributed by atoms with van der Waals surface area (Å²) in [6.07, 6.45) is -0.454. The molecule has 2 aromatic rings. The number of hydrogen-bond acceptors (Lipinski definition) is 2. The first-order valence-electron chi connectivity index (χ1n) is 6.54. The number of benzene rings is 2. The maximum absolute atomic E-state index is 12.2. The highest BCUT2D eigenvalue weighted by Gasteiger charge is 2.15. The molecule has 0 bridgehead atoms. The van der Waals surface area contributed by atoms with Gasteiger partial charge in [-0.05, 0) is 25.5 Å². The van der Waals surface area contributed by atoms with Gasteiger partial charge in [0.05, 0.1) is 6.61 Å². The van der Waals surface area contributed by atoms with Crippen molar-refractivity contribution in [2.24, 2.45) is 0 Å². The molecule has 104 valence electrons. The first-order chi connectivity index (χ1) is 9.58. The molecule has 1 unspecified atom stereocenters. The molecule has 1 atom stereocenters. The zero-order valence-electron chi connectivity index (χ0n) is 11.6. The van der Waals surface area contributed by atoms with Crippen molar-refractivity contribution in [1.29, 1.82) is 0 Å². The zero-order valence-corrected chi connectivity index (χ0v) is 13.2. The van der Waals surface area contributed by atoms with Gasteiger partial charge in [0.2, 0.25) is 0 Å². The minimum absolute atomic E-state index is 0.0112. The van der Waals surface area contributed by atoms with Gasteiger partial charge in [0, 0.05) is 10.0 Å². The first-order valence-corrected chi connectivity index (χ1v) is 7.33. The summed E-state index contributed by atoms with van der Waals surface area (Å²) < 4.78 is 6.67. The maximum atomic E-state index is 12.2. The SMILES string of the molecule is Cc1ccc(C(=O)C(C)OCc2ccccc2Br)cc1. The van der Waals surface area contributed by atoms with E-state index in [9.17, 15) is 4.79 Å². The van der Waals surface area contributed by atoms with Crippen LogP contribution in [-0.4, -0.2) is 11.9 Å². The van der Waals surface area contributed by atoms with Crippen LogP contribution in [0.4, 0.5) is 0 Å². The predicted molar refractivity (Wildman–Crippen MR) is 83.9 cm³/mol. The summed E-state index contributed by atoms with van der Waals surface area (Å²) in [5, 5.41) is 0. The maximum Gasteiger partial charge on any atom is 0.191 e. The smallest absolute Gasteiger partial charge is 0.191 e. The van der Waals surface area contributed by atoms with Crippen molar-refractivity contribution in [3.63, 3.8) is 0 Å². The molecule has 0 N–H and O–H groups in total. The van der Waals surface area contributed by atoms with Crippen molar-refractivity contribution in [2.75, 3.05) is 0 Å². The van der Waals surface area contributed by atoms with Gasteiger partial charge in [0.25, 0.3) is 0 Å². The molecule has 0 aliphatic heterocycles. The Morgan fingerprint density at radius 2 is 1.80 bits per heavy atom. The largest absolute Gasteiger partial charge is 0.366 e. The van der Waals surface area contributed by atoms with Crippen molar-refractivity contribution in [3.05, 3.63) is 69.7 Å². The van der Waals surface area contributed by atoms with Crippen LogP contribution in [-0.2, 0) is 11.3 Å². The van der Waals surface area contributed by atoms with E-state index < -0.39 is 6.10 Å². The number of Topliss-reactive ketones (excluding diaryl/α,β-unsaturated/α-hetero) is 1. The Bertz CT molecular complexity index is 590. The van der Waals surface area contributed by atoms with Gasteiger partial charge >= 0.3 is 0 Å². The molecule has 0 spiro atoms. The van der Waals surface area contributed by atoms with E-state index in [1.165, 1.54) is 0 Å². The van der Waals surface area contributed by atoms with Gasteiger partial charge in [-0.1, -0.05) is 64.0 Å². The van der Waals surface area contributed by atoms with E-state index in [0.717, 1.165) is 15.6 Å². The average Bonchev–Trinajstić information content (AvgIpc) is 2.46. The van der Waals surface area contributed by atoms with Crippen LogP contribution in [0.1, 0.15) is 28.4 Å². The van der Waals surface area contributed by atoms with E-state index in [0.29, 0.717) is 12.2 Å². The van der Waals surface area contributed by atoms with Crippen molar-refractivity contribution in [3.8, 4) is 0 Å². The Morgan fingerprint density at radius 3 is 2.45 bits per heavy atom. The van der Waals surface area contributed by atoms with Crippen molar-refractivity contribution in [1.82, 2.24) is 0 Å². The average molecular weight is 333 g/mol. The highest BCUT2D eigenvalue weighted by Crippen LogP contribution is 2.18. The van der Waals surface area contributed by atoms with Crippen LogP contribution in [0.25, 0.3) is 0 Å². The van der Waals surface area contributed by atoms with Gasteiger partial charge in [0.15, 0.2) is 5.78 Å². The Morgan fingerprint density at radius 1 is 1.15 bits per heavy atom. The highest BCUT2D eigenvalue weighted by molar-refractivity contribution is 9.10. The molecule has 0 amide bonds. The predicted octanol–water partition coefficient (Wildman–Crippen LogP) is 4.55. The highest BCUT2D eigenvalue weighted by atomic mass is 79.9. The van der Waals surface area contributed by atoms with Gasteiger partial charge in [-0.15, -0.1) is 0 Å². The first kappa shape index (κ1) is 14.9. The van der Waals surface area contributed by atoms with Gasteiger partial charge in [-0.25, -0.2) is 0 Å². The summed E-state index contributed by atoms with van der Waals surface area (Å²) in [5.74, 6) is 0.0112. The van der Waals surface area contributed by atoms with Crippen LogP contribution in [0.2, 0.25) is 0 Å². The number of rotatable bonds is 5. The van der Waals surface area contributed by atoms with E-state index in [4.69, 9.17) is 4.74 Å². The van der Waals surface area contributed by atoms with E-state index in [1.54, 1.807) is 6.92 Å². The second-order valence-corrected chi connectivity index (χ2v) is 5.63. The molecule has 2 rings (SSSR count). The molecule has 20 heavy (non-hydrogen) atoms. The number of halogens is 1. The number of ether oxygens (including phenoxy) is 1. The number of aryl methyl sites for hydroxylation is 1. The van der Waals surface area contributed by atoms with E-state index in [2.05, 4.69) is 15.9 Å². The fraction of sp³-hybridized carbons (Fsp3) is 0.235. The van der Waals surface area contributed by atoms with E-state index >= 15 is 0 Å². The fourth-order valence-electron chi connectivity index (χ4n) is 1.86. The van der Waals surface area contributed by atoms with Crippen LogP contribution in [0.5, 0.6) is 0 Å². The molecular weight excluding hydrogens is 316 g/mol. The molecule has 2 nitrogen and oxygen atoms in total. The van der Waals surface area contributed by atoms with Crippen LogP contribution < -0.4 is 0 Å². The van der Waals surface area contributed by atoms with Gasteiger partial charge in [-0.2, -0.15) is 0 Å².